The van der Waals surface area contributed by atoms with E-state index in [0.717, 1.165) is 23.1 Å². The highest BCUT2D eigenvalue weighted by atomic mass is 32.2. The molecule has 0 spiro atoms. The van der Waals surface area contributed by atoms with Crippen molar-refractivity contribution in [2.24, 2.45) is 0 Å². The highest BCUT2D eigenvalue weighted by Gasteiger charge is 2.06. The normalized spacial score (nSPS) is 12.8. The third kappa shape index (κ3) is 4.92. The zero-order valence-electron chi connectivity index (χ0n) is 10.0. The fraction of sp³-hybridized carbons (Fsp3) is 0.636. The molecule has 16 heavy (non-hydrogen) atoms. The summed E-state index contributed by atoms with van der Waals surface area (Å²) < 4.78 is 0. The minimum absolute atomic E-state index is 0.352. The molecule has 0 bridgehead atoms. The first-order valence-corrected chi connectivity index (χ1v) is 6.44. The van der Waals surface area contributed by atoms with E-state index < -0.39 is 0 Å². The summed E-state index contributed by atoms with van der Waals surface area (Å²) >= 11 is 1.50. The molecule has 0 aliphatic rings. The topological polar surface area (TPSA) is 58.0 Å². The van der Waals surface area contributed by atoms with Gasteiger partial charge in [0.25, 0.3) is 0 Å². The quantitative estimate of drug-likeness (QED) is 0.578. The van der Waals surface area contributed by atoms with Crippen LogP contribution in [0.5, 0.6) is 0 Å². The maximum absolute atomic E-state index is 9.64. The summed E-state index contributed by atoms with van der Waals surface area (Å²) in [5.74, 6) is 0.621. The molecule has 0 aromatic carbocycles. The van der Waals surface area contributed by atoms with Crippen LogP contribution in [0, 0.1) is 13.8 Å². The lowest BCUT2D eigenvalue weighted by Crippen LogP contribution is -2.28. The zero-order valence-corrected chi connectivity index (χ0v) is 10.8. The first-order valence-electron chi connectivity index (χ1n) is 5.45. The molecule has 0 saturated heterocycles. The molecule has 1 atom stereocenters. The molecule has 1 unspecified atom stereocenters. The van der Waals surface area contributed by atoms with Gasteiger partial charge in [-0.3, -0.25) is 0 Å². The molecular weight excluding hydrogens is 222 g/mol. The first-order chi connectivity index (χ1) is 7.61. The van der Waals surface area contributed by atoms with E-state index in [2.05, 4.69) is 15.3 Å². The van der Waals surface area contributed by atoms with Gasteiger partial charge in [-0.2, -0.15) is 0 Å². The minimum atomic E-state index is -0.352. The molecule has 5 heteroatoms. The van der Waals surface area contributed by atoms with E-state index in [1.54, 1.807) is 0 Å². The molecule has 1 rings (SSSR count). The number of hydrogen-bond donors (Lipinski definition) is 2. The molecule has 0 aliphatic heterocycles. The van der Waals surface area contributed by atoms with Crippen LogP contribution in [0.25, 0.3) is 0 Å². The van der Waals surface area contributed by atoms with Crippen LogP contribution < -0.4 is 5.32 Å². The van der Waals surface area contributed by atoms with Crippen molar-refractivity contribution in [3.8, 4) is 0 Å². The van der Waals surface area contributed by atoms with E-state index in [1.165, 1.54) is 11.8 Å². The number of aryl methyl sites for hydroxylation is 2. The van der Waals surface area contributed by atoms with Gasteiger partial charge in [0.15, 0.2) is 5.16 Å². The molecule has 0 radical (unpaired) electrons. The second-order valence-electron chi connectivity index (χ2n) is 3.71. The first kappa shape index (κ1) is 13.4. The maximum Gasteiger partial charge on any atom is 0.188 e. The molecule has 0 aliphatic carbocycles. The Morgan fingerprint density at radius 1 is 1.38 bits per heavy atom. The summed E-state index contributed by atoms with van der Waals surface area (Å²) in [5.41, 5.74) is 1.94. The number of aromatic nitrogens is 2. The fourth-order valence-electron chi connectivity index (χ4n) is 1.30. The molecule has 2 N–H and O–H groups in total. The Hall–Kier alpha value is -0.650. The Morgan fingerprint density at radius 3 is 2.56 bits per heavy atom. The Bertz CT molecular complexity index is 313. The molecule has 1 aromatic rings. The van der Waals surface area contributed by atoms with Crippen LogP contribution in [-0.4, -0.2) is 40.0 Å². The molecule has 1 aromatic heterocycles. The van der Waals surface area contributed by atoms with Crippen LogP contribution in [0.3, 0.4) is 0 Å². The monoisotopic (exact) mass is 241 g/mol. The van der Waals surface area contributed by atoms with Gasteiger partial charge < -0.3 is 10.4 Å². The summed E-state index contributed by atoms with van der Waals surface area (Å²) in [6, 6.07) is 1.94. The van der Waals surface area contributed by atoms with Gasteiger partial charge in [0.1, 0.15) is 0 Å². The standard InChI is InChI=1S/C11H19N3OS/c1-4-12-6-10(15)7-16-11-13-8(2)5-9(3)14-11/h5,10,12,15H,4,6-7H2,1-3H3. The summed E-state index contributed by atoms with van der Waals surface area (Å²) in [6.07, 6.45) is -0.352. The van der Waals surface area contributed by atoms with E-state index in [0.29, 0.717) is 12.3 Å². The average molecular weight is 241 g/mol. The van der Waals surface area contributed by atoms with Crippen LogP contribution in [0.15, 0.2) is 11.2 Å². The molecule has 4 nitrogen and oxygen atoms in total. The summed E-state index contributed by atoms with van der Waals surface area (Å²) in [4.78, 5) is 8.61. The number of likely N-dealkylation sites (N-methyl/N-ethyl adjacent to an activating group) is 1. The molecule has 0 fully saturated rings. The highest BCUT2D eigenvalue weighted by molar-refractivity contribution is 7.99. The number of nitrogens with zero attached hydrogens (tertiary/aromatic N) is 2. The van der Waals surface area contributed by atoms with Crippen molar-refractivity contribution in [1.29, 1.82) is 0 Å². The molecule has 90 valence electrons. The molecule has 0 amide bonds. The van der Waals surface area contributed by atoms with Gasteiger partial charge in [-0.15, -0.1) is 0 Å². The van der Waals surface area contributed by atoms with Crippen molar-refractivity contribution in [3.05, 3.63) is 17.5 Å². The largest absolute Gasteiger partial charge is 0.391 e. The SMILES string of the molecule is CCNCC(O)CSc1nc(C)cc(C)n1. The van der Waals surface area contributed by atoms with Crippen molar-refractivity contribution in [3.63, 3.8) is 0 Å². The Morgan fingerprint density at radius 2 is 2.00 bits per heavy atom. The lowest BCUT2D eigenvalue weighted by Gasteiger charge is -2.10. The smallest absolute Gasteiger partial charge is 0.188 e. The van der Waals surface area contributed by atoms with E-state index >= 15 is 0 Å². The van der Waals surface area contributed by atoms with Crippen molar-refractivity contribution in [1.82, 2.24) is 15.3 Å². The fourth-order valence-corrected chi connectivity index (χ4v) is 2.18. The van der Waals surface area contributed by atoms with Crippen LogP contribution in [0.2, 0.25) is 0 Å². The van der Waals surface area contributed by atoms with Crippen LogP contribution in [0.4, 0.5) is 0 Å². The number of rotatable bonds is 6. The number of nitrogens with one attached hydrogen (secondary N) is 1. The molecular formula is C11H19N3OS. The van der Waals surface area contributed by atoms with E-state index in [1.807, 2.05) is 26.8 Å². The van der Waals surface area contributed by atoms with Gasteiger partial charge in [-0.05, 0) is 26.5 Å². The average Bonchev–Trinajstić information content (AvgIpc) is 2.22. The molecule has 1 heterocycles. The van der Waals surface area contributed by atoms with Crippen molar-refractivity contribution >= 4 is 11.8 Å². The lowest BCUT2D eigenvalue weighted by molar-refractivity contribution is 0.196. The summed E-state index contributed by atoms with van der Waals surface area (Å²) in [5, 5.41) is 13.5. The van der Waals surface area contributed by atoms with Crippen LogP contribution >= 0.6 is 11.8 Å². The molecule has 0 saturated carbocycles. The van der Waals surface area contributed by atoms with Gasteiger partial charge >= 0.3 is 0 Å². The Balaban J connectivity index is 2.41. The number of hydrogen-bond acceptors (Lipinski definition) is 5. The van der Waals surface area contributed by atoms with E-state index in [4.69, 9.17) is 0 Å². The van der Waals surface area contributed by atoms with Crippen molar-refractivity contribution in [2.45, 2.75) is 32.0 Å². The minimum Gasteiger partial charge on any atom is -0.391 e. The van der Waals surface area contributed by atoms with Crippen molar-refractivity contribution in [2.75, 3.05) is 18.8 Å². The Kier molecular flexibility index (Phi) is 5.73. The summed E-state index contributed by atoms with van der Waals surface area (Å²) in [7, 11) is 0. The number of thioether (sulfide) groups is 1. The van der Waals surface area contributed by atoms with Crippen LogP contribution in [-0.2, 0) is 0 Å². The maximum atomic E-state index is 9.64. The van der Waals surface area contributed by atoms with Gasteiger partial charge in [0, 0.05) is 23.7 Å². The van der Waals surface area contributed by atoms with Gasteiger partial charge in [-0.25, -0.2) is 9.97 Å². The Labute approximate surface area is 101 Å². The summed E-state index contributed by atoms with van der Waals surface area (Å²) in [6.45, 7) is 7.42. The second kappa shape index (κ2) is 6.83. The van der Waals surface area contributed by atoms with Crippen molar-refractivity contribution < 1.29 is 5.11 Å². The predicted molar refractivity (Wildman–Crippen MR) is 66.8 cm³/mol. The van der Waals surface area contributed by atoms with E-state index in [9.17, 15) is 5.11 Å². The predicted octanol–water partition coefficient (Wildman–Crippen LogP) is 1.16. The van der Waals surface area contributed by atoms with Gasteiger partial charge in [0.05, 0.1) is 6.10 Å². The third-order valence-electron chi connectivity index (χ3n) is 2.00. The van der Waals surface area contributed by atoms with Gasteiger partial charge in [0.2, 0.25) is 0 Å². The van der Waals surface area contributed by atoms with E-state index in [-0.39, 0.29) is 6.10 Å². The second-order valence-corrected chi connectivity index (χ2v) is 4.69. The van der Waals surface area contributed by atoms with Gasteiger partial charge in [-0.1, -0.05) is 18.7 Å². The highest BCUT2D eigenvalue weighted by Crippen LogP contribution is 2.14. The lowest BCUT2D eigenvalue weighted by atomic mass is 10.4. The number of aliphatic hydroxyl groups excluding tert-OH is 1. The number of aliphatic hydroxyl groups is 1. The van der Waals surface area contributed by atoms with Crippen LogP contribution in [0.1, 0.15) is 18.3 Å². The third-order valence-corrected chi connectivity index (χ3v) is 2.99. The zero-order chi connectivity index (χ0) is 12.0.